The van der Waals surface area contributed by atoms with E-state index in [1.54, 1.807) is 0 Å². The molecule has 110 valence electrons. The number of aromatic nitrogens is 4. The number of amides is 1. The van der Waals surface area contributed by atoms with Gasteiger partial charge >= 0.3 is 0 Å². The molecule has 1 amide bonds. The molecule has 20 heavy (non-hydrogen) atoms. The summed E-state index contributed by atoms with van der Waals surface area (Å²) in [5.41, 5.74) is 0. The molecular weight excluding hydrogens is 274 g/mol. The van der Waals surface area contributed by atoms with Crippen LogP contribution in [0, 0.1) is 0 Å². The Balaban J connectivity index is 1.51. The molecule has 0 aliphatic heterocycles. The van der Waals surface area contributed by atoms with E-state index >= 15 is 0 Å². The molecule has 1 heterocycles. The van der Waals surface area contributed by atoms with Crippen LogP contribution >= 0.6 is 11.8 Å². The minimum Gasteiger partial charge on any atom is -0.342 e. The van der Waals surface area contributed by atoms with E-state index in [1.165, 1.54) is 31.0 Å². The van der Waals surface area contributed by atoms with Gasteiger partial charge in [0.25, 0.3) is 0 Å². The second kappa shape index (κ2) is 6.11. The van der Waals surface area contributed by atoms with E-state index in [9.17, 15) is 4.79 Å². The van der Waals surface area contributed by atoms with E-state index in [0.29, 0.717) is 17.8 Å². The number of rotatable bonds is 5. The molecule has 0 saturated heterocycles. The van der Waals surface area contributed by atoms with Crippen LogP contribution in [-0.4, -0.2) is 49.9 Å². The van der Waals surface area contributed by atoms with Crippen molar-refractivity contribution in [1.82, 2.24) is 25.1 Å². The van der Waals surface area contributed by atoms with Gasteiger partial charge in [-0.2, -0.15) is 0 Å². The molecule has 3 rings (SSSR count). The van der Waals surface area contributed by atoms with E-state index in [2.05, 4.69) is 15.5 Å². The highest BCUT2D eigenvalue weighted by Crippen LogP contribution is 2.36. The van der Waals surface area contributed by atoms with Gasteiger partial charge in [0.15, 0.2) is 0 Å². The first-order valence-corrected chi connectivity index (χ1v) is 8.40. The van der Waals surface area contributed by atoms with Crippen molar-refractivity contribution in [1.29, 1.82) is 0 Å². The number of carbonyl (C=O) groups excluding carboxylic acids is 1. The molecule has 2 fully saturated rings. The number of tetrazole rings is 1. The third-order valence-electron chi connectivity index (χ3n) is 4.20. The third-order valence-corrected chi connectivity index (χ3v) is 5.11. The molecule has 2 saturated carbocycles. The number of nitrogens with zero attached hydrogens (tertiary/aromatic N) is 5. The summed E-state index contributed by atoms with van der Waals surface area (Å²) in [7, 11) is 1.93. The average Bonchev–Trinajstić information content (AvgIpc) is 3.23. The van der Waals surface area contributed by atoms with Crippen LogP contribution in [0.25, 0.3) is 0 Å². The molecule has 0 unspecified atom stereocenters. The van der Waals surface area contributed by atoms with E-state index in [-0.39, 0.29) is 5.91 Å². The van der Waals surface area contributed by atoms with Gasteiger partial charge in [0.05, 0.1) is 11.8 Å². The zero-order valence-electron chi connectivity index (χ0n) is 11.9. The lowest BCUT2D eigenvalue weighted by Gasteiger charge is -2.31. The quantitative estimate of drug-likeness (QED) is 0.776. The summed E-state index contributed by atoms with van der Waals surface area (Å²) in [6.45, 7) is 0. The molecule has 0 radical (unpaired) electrons. The Hall–Kier alpha value is -1.11. The van der Waals surface area contributed by atoms with E-state index < -0.39 is 0 Å². The summed E-state index contributed by atoms with van der Waals surface area (Å²) in [6, 6.07) is 0.884. The van der Waals surface area contributed by atoms with Crippen LogP contribution in [0.5, 0.6) is 0 Å². The SMILES string of the molecule is CN(C(=O)CSc1nnnn1C1CC1)C1CCCCC1. The van der Waals surface area contributed by atoms with Gasteiger partial charge in [-0.05, 0) is 36.1 Å². The van der Waals surface area contributed by atoms with Gasteiger partial charge in [0, 0.05) is 13.1 Å². The molecule has 0 bridgehead atoms. The van der Waals surface area contributed by atoms with Crippen LogP contribution in [-0.2, 0) is 4.79 Å². The van der Waals surface area contributed by atoms with Gasteiger partial charge < -0.3 is 4.90 Å². The van der Waals surface area contributed by atoms with Crippen molar-refractivity contribution in [3.8, 4) is 0 Å². The normalized spacial score (nSPS) is 20.1. The highest BCUT2D eigenvalue weighted by molar-refractivity contribution is 7.99. The van der Waals surface area contributed by atoms with Crippen LogP contribution in [0.15, 0.2) is 5.16 Å². The smallest absolute Gasteiger partial charge is 0.233 e. The Morgan fingerprint density at radius 3 is 2.75 bits per heavy atom. The molecule has 0 atom stereocenters. The first-order chi connectivity index (χ1) is 9.75. The number of hydrogen-bond acceptors (Lipinski definition) is 5. The highest BCUT2D eigenvalue weighted by Gasteiger charge is 2.28. The molecule has 0 aromatic carbocycles. The lowest BCUT2D eigenvalue weighted by molar-refractivity contribution is -0.129. The van der Waals surface area contributed by atoms with Crippen molar-refractivity contribution in [3.63, 3.8) is 0 Å². The van der Waals surface area contributed by atoms with Crippen molar-refractivity contribution < 1.29 is 4.79 Å². The summed E-state index contributed by atoms with van der Waals surface area (Å²) in [5, 5.41) is 12.5. The van der Waals surface area contributed by atoms with Crippen LogP contribution in [0.4, 0.5) is 0 Å². The van der Waals surface area contributed by atoms with E-state index in [0.717, 1.165) is 30.8 Å². The third kappa shape index (κ3) is 3.13. The van der Waals surface area contributed by atoms with E-state index in [4.69, 9.17) is 0 Å². The van der Waals surface area contributed by atoms with Gasteiger partial charge in [-0.1, -0.05) is 31.0 Å². The van der Waals surface area contributed by atoms with Crippen molar-refractivity contribution in [3.05, 3.63) is 0 Å². The fourth-order valence-electron chi connectivity index (χ4n) is 2.73. The van der Waals surface area contributed by atoms with Crippen LogP contribution in [0.3, 0.4) is 0 Å². The predicted molar refractivity (Wildman–Crippen MR) is 76.5 cm³/mol. The minimum atomic E-state index is 0.187. The zero-order valence-corrected chi connectivity index (χ0v) is 12.7. The first-order valence-electron chi connectivity index (χ1n) is 7.42. The van der Waals surface area contributed by atoms with Crippen LogP contribution in [0.1, 0.15) is 51.0 Å². The molecule has 6 nitrogen and oxygen atoms in total. The Morgan fingerprint density at radius 2 is 2.05 bits per heavy atom. The number of thioether (sulfide) groups is 1. The summed E-state index contributed by atoms with van der Waals surface area (Å²) in [6.07, 6.45) is 8.39. The Kier molecular flexibility index (Phi) is 4.24. The maximum absolute atomic E-state index is 12.3. The van der Waals surface area contributed by atoms with Crippen molar-refractivity contribution >= 4 is 17.7 Å². The first kappa shape index (κ1) is 13.9. The summed E-state index contributed by atoms with van der Waals surface area (Å²) >= 11 is 1.46. The fourth-order valence-corrected chi connectivity index (χ4v) is 3.60. The molecule has 0 N–H and O–H groups in total. The van der Waals surface area contributed by atoms with Crippen molar-refractivity contribution in [2.45, 2.75) is 62.2 Å². The fraction of sp³-hybridized carbons (Fsp3) is 0.846. The Labute approximate surface area is 123 Å². The molecule has 1 aromatic heterocycles. The summed E-state index contributed by atoms with van der Waals surface area (Å²) < 4.78 is 1.86. The summed E-state index contributed by atoms with van der Waals surface area (Å²) in [4.78, 5) is 14.2. The van der Waals surface area contributed by atoms with Gasteiger partial charge in [-0.3, -0.25) is 4.79 Å². The molecule has 0 spiro atoms. The van der Waals surface area contributed by atoms with Crippen molar-refractivity contribution in [2.24, 2.45) is 0 Å². The van der Waals surface area contributed by atoms with Gasteiger partial charge in [0.1, 0.15) is 0 Å². The van der Waals surface area contributed by atoms with Gasteiger partial charge in [-0.15, -0.1) is 5.10 Å². The minimum absolute atomic E-state index is 0.187. The van der Waals surface area contributed by atoms with Crippen molar-refractivity contribution in [2.75, 3.05) is 12.8 Å². The van der Waals surface area contributed by atoms with Crippen LogP contribution < -0.4 is 0 Å². The second-order valence-electron chi connectivity index (χ2n) is 5.72. The molecule has 1 aromatic rings. The zero-order chi connectivity index (χ0) is 13.9. The largest absolute Gasteiger partial charge is 0.342 e. The second-order valence-corrected chi connectivity index (χ2v) is 6.66. The van der Waals surface area contributed by atoms with E-state index in [1.807, 2.05) is 16.6 Å². The summed E-state index contributed by atoms with van der Waals surface area (Å²) in [5.74, 6) is 0.618. The van der Waals surface area contributed by atoms with Gasteiger partial charge in [0.2, 0.25) is 11.1 Å². The highest BCUT2D eigenvalue weighted by atomic mass is 32.2. The molecule has 7 heteroatoms. The topological polar surface area (TPSA) is 63.9 Å². The number of carbonyl (C=O) groups is 1. The predicted octanol–water partition coefficient (Wildman–Crippen LogP) is 1.89. The molecule has 2 aliphatic rings. The molecular formula is C13H21N5OS. The number of hydrogen-bond donors (Lipinski definition) is 0. The maximum Gasteiger partial charge on any atom is 0.233 e. The average molecular weight is 295 g/mol. The molecule has 2 aliphatic carbocycles. The monoisotopic (exact) mass is 295 g/mol. The van der Waals surface area contributed by atoms with Gasteiger partial charge in [-0.25, -0.2) is 4.68 Å². The standard InChI is InChI=1S/C13H21N5OS/c1-17(10-5-3-2-4-6-10)12(19)9-20-13-14-15-16-18(13)11-7-8-11/h10-11H,2-9H2,1H3. The lowest BCUT2D eigenvalue weighted by atomic mass is 9.94. The maximum atomic E-state index is 12.3. The Bertz CT molecular complexity index is 467. The Morgan fingerprint density at radius 1 is 1.30 bits per heavy atom. The van der Waals surface area contributed by atoms with Crippen LogP contribution in [0.2, 0.25) is 0 Å². The lowest BCUT2D eigenvalue weighted by Crippen LogP contribution is -2.39.